The summed E-state index contributed by atoms with van der Waals surface area (Å²) >= 11 is 1.19. The van der Waals surface area contributed by atoms with Crippen LogP contribution in [-0.2, 0) is 0 Å². The summed E-state index contributed by atoms with van der Waals surface area (Å²) in [5.41, 5.74) is 3.95. The van der Waals surface area contributed by atoms with Crippen molar-refractivity contribution in [3.05, 3.63) is 112 Å². The zero-order chi connectivity index (χ0) is 23.2. The maximum absolute atomic E-state index is 12.7. The molecule has 0 fully saturated rings. The number of nitro benzene ring substituents is 1. The van der Waals surface area contributed by atoms with Crippen LogP contribution in [-0.4, -0.2) is 21.4 Å². The predicted octanol–water partition coefficient (Wildman–Crippen LogP) is 6.17. The van der Waals surface area contributed by atoms with E-state index in [9.17, 15) is 20.2 Å². The second-order valence-electron chi connectivity index (χ2n) is 7.09. The van der Waals surface area contributed by atoms with Gasteiger partial charge in [0.25, 0.3) is 5.69 Å². The Hall–Kier alpha value is -4.28. The minimum atomic E-state index is -0.508. The highest BCUT2D eigenvalue weighted by Gasteiger charge is 2.18. The van der Waals surface area contributed by atoms with Gasteiger partial charge in [-0.05, 0) is 23.8 Å². The summed E-state index contributed by atoms with van der Waals surface area (Å²) in [6, 6.07) is 28.9. The third kappa shape index (κ3) is 4.97. The third-order valence-electron chi connectivity index (χ3n) is 4.99. The van der Waals surface area contributed by atoms with Gasteiger partial charge in [0, 0.05) is 28.8 Å². The molecular weight excluding hydrogens is 434 g/mol. The number of hydrogen-bond acceptors (Lipinski definition) is 6. The van der Waals surface area contributed by atoms with Gasteiger partial charge in [0.05, 0.1) is 21.9 Å². The molecule has 0 N–H and O–H groups in total. The van der Waals surface area contributed by atoms with E-state index in [0.717, 1.165) is 16.7 Å². The molecule has 4 aromatic rings. The normalized spacial score (nSPS) is 10.4. The van der Waals surface area contributed by atoms with Crippen LogP contribution in [0.2, 0.25) is 0 Å². The van der Waals surface area contributed by atoms with Crippen LogP contribution in [0, 0.1) is 21.4 Å². The summed E-state index contributed by atoms with van der Waals surface area (Å²) in [6.07, 6.45) is 0. The van der Waals surface area contributed by atoms with Gasteiger partial charge in [-0.1, -0.05) is 72.4 Å². The number of nitrogens with zero attached hydrogens (tertiary/aromatic N) is 3. The van der Waals surface area contributed by atoms with E-state index in [4.69, 9.17) is 4.98 Å². The number of benzene rings is 3. The van der Waals surface area contributed by atoms with E-state index in [1.54, 1.807) is 0 Å². The van der Waals surface area contributed by atoms with E-state index in [2.05, 4.69) is 6.07 Å². The Morgan fingerprint density at radius 1 is 0.939 bits per heavy atom. The number of thioether (sulfide) groups is 1. The van der Waals surface area contributed by atoms with E-state index in [1.165, 1.54) is 36.0 Å². The molecule has 0 aliphatic carbocycles. The van der Waals surface area contributed by atoms with Gasteiger partial charge in [-0.15, -0.1) is 0 Å². The van der Waals surface area contributed by atoms with Gasteiger partial charge >= 0.3 is 0 Å². The number of aromatic nitrogens is 1. The molecule has 4 rings (SSSR count). The van der Waals surface area contributed by atoms with E-state index in [1.807, 2.05) is 66.7 Å². The minimum Gasteiger partial charge on any atom is -0.293 e. The number of rotatable bonds is 7. The summed E-state index contributed by atoms with van der Waals surface area (Å²) in [4.78, 5) is 27.7. The lowest BCUT2D eigenvalue weighted by Gasteiger charge is -2.12. The summed E-state index contributed by atoms with van der Waals surface area (Å²) in [6.45, 7) is 0. The molecule has 0 aliphatic rings. The molecule has 1 heterocycles. The number of nitriles is 1. The average Bonchev–Trinajstić information content (AvgIpc) is 2.87. The molecule has 0 spiro atoms. The van der Waals surface area contributed by atoms with Gasteiger partial charge in [-0.3, -0.25) is 14.9 Å². The molecule has 0 unspecified atom stereocenters. The van der Waals surface area contributed by atoms with E-state index in [0.29, 0.717) is 21.8 Å². The largest absolute Gasteiger partial charge is 0.293 e. The Bertz CT molecular complexity index is 1350. The first-order valence-corrected chi connectivity index (χ1v) is 11.0. The molecule has 0 bridgehead atoms. The first-order valence-electron chi connectivity index (χ1n) is 10.0. The van der Waals surface area contributed by atoms with Crippen LogP contribution in [0.3, 0.4) is 0 Å². The van der Waals surface area contributed by atoms with Gasteiger partial charge < -0.3 is 0 Å². The molecule has 1 aromatic heterocycles. The zero-order valence-electron chi connectivity index (χ0n) is 17.3. The van der Waals surface area contributed by atoms with Crippen molar-refractivity contribution in [2.24, 2.45) is 0 Å². The van der Waals surface area contributed by atoms with Gasteiger partial charge in [0.1, 0.15) is 11.1 Å². The molecule has 0 saturated carbocycles. The van der Waals surface area contributed by atoms with Crippen molar-refractivity contribution >= 4 is 23.2 Å². The van der Waals surface area contributed by atoms with Crippen LogP contribution in [0.25, 0.3) is 22.4 Å². The number of carbonyl (C=O) groups is 1. The van der Waals surface area contributed by atoms with E-state index in [-0.39, 0.29) is 17.2 Å². The highest BCUT2D eigenvalue weighted by atomic mass is 32.2. The van der Waals surface area contributed by atoms with Crippen molar-refractivity contribution in [1.29, 1.82) is 5.26 Å². The molecule has 160 valence electrons. The molecule has 0 aliphatic heterocycles. The zero-order valence-corrected chi connectivity index (χ0v) is 18.2. The first-order chi connectivity index (χ1) is 16.1. The second-order valence-corrected chi connectivity index (χ2v) is 8.06. The lowest BCUT2D eigenvalue weighted by molar-refractivity contribution is -0.384. The predicted molar refractivity (Wildman–Crippen MR) is 128 cm³/mol. The Labute approximate surface area is 194 Å². The van der Waals surface area contributed by atoms with Crippen LogP contribution in [0.15, 0.2) is 96.0 Å². The van der Waals surface area contributed by atoms with Crippen LogP contribution in [0.5, 0.6) is 0 Å². The molecule has 0 amide bonds. The number of hydrogen-bond donors (Lipinski definition) is 0. The molecular formula is C26H17N3O3S. The van der Waals surface area contributed by atoms with Crippen molar-refractivity contribution < 1.29 is 9.72 Å². The fraction of sp³-hybridized carbons (Fsp3) is 0.0385. The Balaban J connectivity index is 1.70. The first kappa shape index (κ1) is 21.9. The van der Waals surface area contributed by atoms with Gasteiger partial charge in [0.2, 0.25) is 0 Å². The Morgan fingerprint density at radius 3 is 2.12 bits per heavy atom. The highest BCUT2D eigenvalue weighted by molar-refractivity contribution is 8.00. The lowest BCUT2D eigenvalue weighted by atomic mass is 9.99. The SMILES string of the molecule is N#Cc1c(-c2ccccc2)cc(-c2ccccc2)nc1SCC(=O)c1ccc([N+](=O)[O-])cc1. The summed E-state index contributed by atoms with van der Waals surface area (Å²) < 4.78 is 0. The molecule has 0 radical (unpaired) electrons. The highest BCUT2D eigenvalue weighted by Crippen LogP contribution is 2.34. The van der Waals surface area contributed by atoms with Crippen LogP contribution < -0.4 is 0 Å². The smallest absolute Gasteiger partial charge is 0.269 e. The average molecular weight is 452 g/mol. The fourth-order valence-electron chi connectivity index (χ4n) is 3.32. The number of non-ortho nitro benzene ring substituents is 1. The topological polar surface area (TPSA) is 96.9 Å². The maximum atomic E-state index is 12.7. The molecule has 3 aromatic carbocycles. The maximum Gasteiger partial charge on any atom is 0.269 e. The lowest BCUT2D eigenvalue weighted by Crippen LogP contribution is -2.04. The molecule has 0 saturated heterocycles. The Kier molecular flexibility index (Phi) is 6.58. The van der Waals surface area contributed by atoms with Crippen LogP contribution >= 0.6 is 11.8 Å². The quantitative estimate of drug-likeness (QED) is 0.144. The number of Topliss-reactive ketones (excluding diaryl/α,β-unsaturated/α-hetero) is 1. The third-order valence-corrected chi connectivity index (χ3v) is 5.97. The molecule has 0 atom stereocenters. The van der Waals surface area contributed by atoms with Crippen LogP contribution in [0.4, 0.5) is 5.69 Å². The van der Waals surface area contributed by atoms with Crippen molar-refractivity contribution in [3.8, 4) is 28.5 Å². The van der Waals surface area contributed by atoms with Crippen molar-refractivity contribution in [3.63, 3.8) is 0 Å². The molecule has 33 heavy (non-hydrogen) atoms. The van der Waals surface area contributed by atoms with Crippen molar-refractivity contribution in [2.75, 3.05) is 5.75 Å². The van der Waals surface area contributed by atoms with Crippen molar-refractivity contribution in [1.82, 2.24) is 4.98 Å². The standard InChI is InChI=1S/C26H17N3O3S/c27-16-23-22(18-7-3-1-4-8-18)15-24(19-9-5-2-6-10-19)28-26(23)33-17-25(30)20-11-13-21(14-12-20)29(31)32/h1-15H,17H2. The summed E-state index contributed by atoms with van der Waals surface area (Å²) in [5, 5.41) is 21.2. The van der Waals surface area contributed by atoms with Crippen LogP contribution in [0.1, 0.15) is 15.9 Å². The van der Waals surface area contributed by atoms with Crippen molar-refractivity contribution in [2.45, 2.75) is 5.03 Å². The van der Waals surface area contributed by atoms with Gasteiger partial charge in [0.15, 0.2) is 5.78 Å². The second kappa shape index (κ2) is 9.90. The monoisotopic (exact) mass is 451 g/mol. The van der Waals surface area contributed by atoms with E-state index >= 15 is 0 Å². The summed E-state index contributed by atoms with van der Waals surface area (Å²) in [7, 11) is 0. The number of carbonyl (C=O) groups excluding carboxylic acids is 1. The molecule has 7 heteroatoms. The molecule has 6 nitrogen and oxygen atoms in total. The number of ketones is 1. The number of nitro groups is 1. The minimum absolute atomic E-state index is 0.0476. The summed E-state index contributed by atoms with van der Waals surface area (Å²) in [5.74, 6) is -0.154. The van der Waals surface area contributed by atoms with Gasteiger partial charge in [-0.25, -0.2) is 4.98 Å². The fourth-order valence-corrected chi connectivity index (χ4v) is 4.22. The Morgan fingerprint density at radius 2 is 1.55 bits per heavy atom. The van der Waals surface area contributed by atoms with E-state index < -0.39 is 4.92 Å². The van der Waals surface area contributed by atoms with Gasteiger partial charge in [-0.2, -0.15) is 5.26 Å². The number of pyridine rings is 1.